The maximum absolute atomic E-state index is 11.4. The number of aromatic carboxylic acids is 1. The monoisotopic (exact) mass is 275 g/mol. The third-order valence-corrected chi connectivity index (χ3v) is 2.66. The third-order valence-electron chi connectivity index (χ3n) is 2.04. The molecule has 0 spiro atoms. The number of carbonyl (C=O) groups excluding carboxylic acids is 1. The van der Waals surface area contributed by atoms with Crippen LogP contribution in [0.2, 0.25) is 10.0 Å². The van der Waals surface area contributed by atoms with Gasteiger partial charge < -0.3 is 10.4 Å². The first-order valence-electron chi connectivity index (χ1n) is 4.98. The summed E-state index contributed by atoms with van der Waals surface area (Å²) in [5, 5.41) is 11.7. The summed E-state index contributed by atoms with van der Waals surface area (Å²) in [7, 11) is 0. The Balaban J connectivity index is 3.03. The SMILES string of the molecule is CCCC(=O)Nc1cc(C(=O)O)c(Cl)cc1Cl. The van der Waals surface area contributed by atoms with Crippen molar-refractivity contribution in [2.24, 2.45) is 0 Å². The van der Waals surface area contributed by atoms with Crippen LogP contribution in [0.15, 0.2) is 12.1 Å². The van der Waals surface area contributed by atoms with Crippen molar-refractivity contribution in [2.45, 2.75) is 19.8 Å². The molecule has 0 aliphatic carbocycles. The second kappa shape index (κ2) is 5.89. The van der Waals surface area contributed by atoms with Crippen LogP contribution in [0.3, 0.4) is 0 Å². The number of nitrogens with one attached hydrogen (secondary N) is 1. The van der Waals surface area contributed by atoms with Crippen molar-refractivity contribution in [3.8, 4) is 0 Å². The maximum Gasteiger partial charge on any atom is 0.337 e. The molecule has 0 fully saturated rings. The van der Waals surface area contributed by atoms with Crippen LogP contribution in [-0.2, 0) is 4.79 Å². The number of carboxylic acid groups (broad SMARTS) is 1. The van der Waals surface area contributed by atoms with Gasteiger partial charge in [0.15, 0.2) is 0 Å². The molecule has 0 unspecified atom stereocenters. The quantitative estimate of drug-likeness (QED) is 0.885. The topological polar surface area (TPSA) is 66.4 Å². The van der Waals surface area contributed by atoms with E-state index >= 15 is 0 Å². The molecule has 17 heavy (non-hydrogen) atoms. The molecule has 1 rings (SSSR count). The van der Waals surface area contributed by atoms with Crippen molar-refractivity contribution < 1.29 is 14.7 Å². The van der Waals surface area contributed by atoms with Gasteiger partial charge in [-0.15, -0.1) is 0 Å². The van der Waals surface area contributed by atoms with E-state index in [2.05, 4.69) is 5.32 Å². The Kier molecular flexibility index (Phi) is 4.78. The summed E-state index contributed by atoms with van der Waals surface area (Å²) in [6, 6.07) is 2.55. The summed E-state index contributed by atoms with van der Waals surface area (Å²) >= 11 is 11.6. The van der Waals surface area contributed by atoms with E-state index in [0.717, 1.165) is 0 Å². The zero-order valence-electron chi connectivity index (χ0n) is 9.09. The molecule has 0 aliphatic heterocycles. The van der Waals surface area contributed by atoms with Gasteiger partial charge in [-0.25, -0.2) is 4.79 Å². The Morgan fingerprint density at radius 1 is 1.29 bits per heavy atom. The number of halogens is 2. The Morgan fingerprint density at radius 3 is 2.47 bits per heavy atom. The van der Waals surface area contributed by atoms with Crippen LogP contribution < -0.4 is 5.32 Å². The van der Waals surface area contributed by atoms with E-state index in [-0.39, 0.29) is 27.2 Å². The van der Waals surface area contributed by atoms with Gasteiger partial charge in [-0.3, -0.25) is 4.79 Å². The number of carbonyl (C=O) groups is 2. The summed E-state index contributed by atoms with van der Waals surface area (Å²) in [4.78, 5) is 22.2. The molecule has 0 bridgehead atoms. The minimum Gasteiger partial charge on any atom is -0.478 e. The Labute approximate surface area is 109 Å². The molecule has 0 atom stereocenters. The molecule has 0 aromatic heterocycles. The van der Waals surface area contributed by atoms with Gasteiger partial charge in [-0.05, 0) is 18.6 Å². The van der Waals surface area contributed by atoms with E-state index < -0.39 is 5.97 Å². The van der Waals surface area contributed by atoms with Crippen LogP contribution >= 0.6 is 23.2 Å². The average Bonchev–Trinajstić information content (AvgIpc) is 2.21. The molecule has 0 saturated heterocycles. The highest BCUT2D eigenvalue weighted by molar-refractivity contribution is 6.38. The second-order valence-corrected chi connectivity index (χ2v) is 4.23. The molecule has 0 saturated carbocycles. The van der Waals surface area contributed by atoms with Crippen LogP contribution in [-0.4, -0.2) is 17.0 Å². The van der Waals surface area contributed by atoms with E-state index in [9.17, 15) is 9.59 Å². The lowest BCUT2D eigenvalue weighted by atomic mass is 10.2. The van der Waals surface area contributed by atoms with Gasteiger partial charge in [0.25, 0.3) is 0 Å². The number of hydrogen-bond acceptors (Lipinski definition) is 2. The molecule has 0 radical (unpaired) electrons. The van der Waals surface area contributed by atoms with Gasteiger partial charge >= 0.3 is 5.97 Å². The van der Waals surface area contributed by atoms with Gasteiger partial charge in [0, 0.05) is 6.42 Å². The highest BCUT2D eigenvalue weighted by Crippen LogP contribution is 2.29. The molecular formula is C11H11Cl2NO3. The molecule has 1 aromatic rings. The van der Waals surface area contributed by atoms with E-state index in [1.165, 1.54) is 12.1 Å². The lowest BCUT2D eigenvalue weighted by Crippen LogP contribution is -2.12. The lowest BCUT2D eigenvalue weighted by molar-refractivity contribution is -0.116. The van der Waals surface area contributed by atoms with Crippen LogP contribution in [0.4, 0.5) is 5.69 Å². The fourth-order valence-electron chi connectivity index (χ4n) is 1.25. The van der Waals surface area contributed by atoms with Gasteiger partial charge in [0.2, 0.25) is 5.91 Å². The maximum atomic E-state index is 11.4. The molecule has 2 N–H and O–H groups in total. The predicted octanol–water partition coefficient (Wildman–Crippen LogP) is 3.43. The predicted molar refractivity (Wildman–Crippen MR) is 67.0 cm³/mol. The average molecular weight is 276 g/mol. The van der Waals surface area contributed by atoms with Crippen molar-refractivity contribution in [2.75, 3.05) is 5.32 Å². The summed E-state index contributed by atoms with van der Waals surface area (Å²) in [6.07, 6.45) is 1.05. The highest BCUT2D eigenvalue weighted by Gasteiger charge is 2.14. The molecule has 4 nitrogen and oxygen atoms in total. The molecular weight excluding hydrogens is 265 g/mol. The number of anilines is 1. The number of hydrogen-bond donors (Lipinski definition) is 2. The summed E-state index contributed by atoms with van der Waals surface area (Å²) in [5.74, 6) is -1.38. The van der Waals surface area contributed by atoms with Gasteiger partial charge in [-0.1, -0.05) is 30.1 Å². The normalized spacial score (nSPS) is 10.1. The first kappa shape index (κ1) is 13.8. The Hall–Kier alpha value is -1.26. The van der Waals surface area contributed by atoms with Crippen LogP contribution in [0, 0.1) is 0 Å². The standard InChI is InChI=1S/C11H11Cl2NO3/c1-2-3-10(15)14-9-4-6(11(16)17)7(12)5-8(9)13/h4-5H,2-3H2,1H3,(H,14,15)(H,16,17). The molecule has 1 aromatic carbocycles. The van der Waals surface area contributed by atoms with E-state index in [4.69, 9.17) is 28.3 Å². The molecule has 1 amide bonds. The zero-order valence-corrected chi connectivity index (χ0v) is 10.6. The number of benzene rings is 1. The van der Waals surface area contributed by atoms with E-state index in [1.54, 1.807) is 0 Å². The molecule has 0 aliphatic rings. The number of carboxylic acids is 1. The summed E-state index contributed by atoms with van der Waals surface area (Å²) < 4.78 is 0. The highest BCUT2D eigenvalue weighted by atomic mass is 35.5. The molecule has 6 heteroatoms. The second-order valence-electron chi connectivity index (χ2n) is 3.42. The summed E-state index contributed by atoms with van der Waals surface area (Å²) in [6.45, 7) is 1.87. The minimum absolute atomic E-state index is 0.0380. The largest absolute Gasteiger partial charge is 0.478 e. The zero-order chi connectivity index (χ0) is 13.0. The Morgan fingerprint density at radius 2 is 1.94 bits per heavy atom. The van der Waals surface area contributed by atoms with Crippen LogP contribution in [0.25, 0.3) is 0 Å². The fraction of sp³-hybridized carbons (Fsp3) is 0.273. The minimum atomic E-state index is -1.17. The fourth-order valence-corrected chi connectivity index (χ4v) is 1.76. The number of rotatable bonds is 4. The lowest BCUT2D eigenvalue weighted by Gasteiger charge is -2.09. The van der Waals surface area contributed by atoms with Gasteiger partial charge in [0.1, 0.15) is 0 Å². The molecule has 92 valence electrons. The van der Waals surface area contributed by atoms with Crippen molar-refractivity contribution in [3.63, 3.8) is 0 Å². The van der Waals surface area contributed by atoms with Gasteiger partial charge in [-0.2, -0.15) is 0 Å². The number of amides is 1. The first-order chi connectivity index (χ1) is 7.95. The third kappa shape index (κ3) is 3.61. The first-order valence-corrected chi connectivity index (χ1v) is 5.73. The van der Waals surface area contributed by atoms with Gasteiger partial charge in [0.05, 0.1) is 21.3 Å². The van der Waals surface area contributed by atoms with Crippen molar-refractivity contribution in [1.29, 1.82) is 0 Å². The van der Waals surface area contributed by atoms with E-state index in [1.807, 2.05) is 6.92 Å². The summed E-state index contributed by atoms with van der Waals surface area (Å²) in [5.41, 5.74) is 0.162. The van der Waals surface area contributed by atoms with Crippen molar-refractivity contribution in [3.05, 3.63) is 27.7 Å². The van der Waals surface area contributed by atoms with E-state index in [0.29, 0.717) is 12.8 Å². The molecule has 0 heterocycles. The van der Waals surface area contributed by atoms with Crippen LogP contribution in [0.5, 0.6) is 0 Å². The Bertz CT molecular complexity index is 460. The van der Waals surface area contributed by atoms with Crippen molar-refractivity contribution >= 4 is 40.8 Å². The smallest absolute Gasteiger partial charge is 0.337 e. The van der Waals surface area contributed by atoms with Crippen molar-refractivity contribution in [1.82, 2.24) is 0 Å². The van der Waals surface area contributed by atoms with Crippen LogP contribution in [0.1, 0.15) is 30.1 Å².